The molecule has 1 saturated heterocycles. The first-order valence-corrected chi connectivity index (χ1v) is 11.7. The van der Waals surface area contributed by atoms with E-state index in [2.05, 4.69) is 41.2 Å². The Kier molecular flexibility index (Phi) is 7.53. The summed E-state index contributed by atoms with van der Waals surface area (Å²) in [4.78, 5) is 22.0. The van der Waals surface area contributed by atoms with Gasteiger partial charge >= 0.3 is 18.1 Å². The van der Waals surface area contributed by atoms with Crippen LogP contribution >= 0.6 is 0 Å². The Morgan fingerprint density at radius 3 is 2.32 bits per heavy atom. The van der Waals surface area contributed by atoms with Gasteiger partial charge in [-0.05, 0) is 29.7 Å². The number of aromatic nitrogens is 1. The largest absolute Gasteiger partial charge is 0.490 e. The zero-order chi connectivity index (χ0) is 26.7. The van der Waals surface area contributed by atoms with Crippen molar-refractivity contribution in [1.82, 2.24) is 10.1 Å². The number of hydrogen-bond donors (Lipinski definition) is 2. The number of aryl methyl sites for hydroxylation is 1. The van der Waals surface area contributed by atoms with Crippen LogP contribution in [0.25, 0.3) is 22.6 Å². The van der Waals surface area contributed by atoms with Crippen LogP contribution in [0.5, 0.6) is 5.75 Å². The van der Waals surface area contributed by atoms with Crippen molar-refractivity contribution in [3.05, 3.63) is 59.2 Å². The highest BCUT2D eigenvalue weighted by Gasteiger charge is 2.38. The monoisotopic (exact) mass is 518 g/mol. The van der Waals surface area contributed by atoms with E-state index < -0.39 is 18.1 Å². The predicted molar refractivity (Wildman–Crippen MR) is 126 cm³/mol. The van der Waals surface area contributed by atoms with Crippen LogP contribution in [0.15, 0.2) is 47.0 Å². The Morgan fingerprint density at radius 1 is 1.08 bits per heavy atom. The van der Waals surface area contributed by atoms with Gasteiger partial charge in [0, 0.05) is 25.2 Å². The summed E-state index contributed by atoms with van der Waals surface area (Å²) in [7, 11) is 0. The molecule has 2 aliphatic rings. The molecule has 196 valence electrons. The van der Waals surface area contributed by atoms with Crippen molar-refractivity contribution in [3.63, 3.8) is 0 Å². The number of likely N-dealkylation sites (tertiary alicyclic amines) is 1. The van der Waals surface area contributed by atoms with E-state index in [1.54, 1.807) is 0 Å². The normalized spacial score (nSPS) is 14.9. The van der Waals surface area contributed by atoms with Crippen LogP contribution in [0.1, 0.15) is 30.0 Å². The Bertz CT molecular complexity index is 1280. The van der Waals surface area contributed by atoms with Crippen LogP contribution in [-0.2, 0) is 29.2 Å². The fourth-order valence-electron chi connectivity index (χ4n) is 4.23. The average molecular weight is 518 g/mol. The molecule has 2 aliphatic heterocycles. The van der Waals surface area contributed by atoms with Crippen LogP contribution in [0.4, 0.5) is 13.2 Å². The molecule has 0 amide bonds. The van der Waals surface area contributed by atoms with Gasteiger partial charge in [0.1, 0.15) is 18.1 Å². The molecule has 8 nitrogen and oxygen atoms in total. The van der Waals surface area contributed by atoms with Gasteiger partial charge in [0.15, 0.2) is 5.76 Å². The lowest BCUT2D eigenvalue weighted by atomic mass is 9.97. The molecule has 37 heavy (non-hydrogen) atoms. The van der Waals surface area contributed by atoms with E-state index >= 15 is 0 Å². The molecular weight excluding hydrogens is 493 g/mol. The van der Waals surface area contributed by atoms with E-state index in [1.165, 1.54) is 5.56 Å². The zero-order valence-electron chi connectivity index (χ0n) is 19.9. The summed E-state index contributed by atoms with van der Waals surface area (Å²) in [5, 5.41) is 20.5. The average Bonchev–Trinajstić information content (AvgIpc) is 3.26. The molecule has 2 N–H and O–H groups in total. The Labute approximate surface area is 210 Å². The van der Waals surface area contributed by atoms with Crippen LogP contribution < -0.4 is 4.74 Å². The Balaban J connectivity index is 0.000000405. The van der Waals surface area contributed by atoms with E-state index in [-0.39, 0.29) is 5.92 Å². The standard InChI is InChI=1S/C24H24N2O4.C2HF3O2/c1-2-3-15-4-7-17(8-5-15)22-20-14-29-21-10-16(6-9-19(21)23(20)30-25-22)11-26-12-18(13-26)24(27)28;3-2(4,5)1(6)7/h4-10,18H,2-3,11-14H2,1H3,(H,27,28);(H,6,7). The van der Waals surface area contributed by atoms with Gasteiger partial charge in [-0.3, -0.25) is 9.69 Å². The molecular formula is C26H25F3N2O6. The second kappa shape index (κ2) is 10.6. The van der Waals surface area contributed by atoms with Crippen LogP contribution in [-0.4, -0.2) is 51.5 Å². The lowest BCUT2D eigenvalue weighted by molar-refractivity contribution is -0.192. The number of fused-ring (bicyclic) bond motifs is 3. The third kappa shape index (κ3) is 5.93. The number of carboxylic acids is 2. The first kappa shape index (κ1) is 26.2. The fraction of sp³-hybridized carbons (Fsp3) is 0.346. The second-order valence-corrected chi connectivity index (χ2v) is 8.94. The minimum absolute atomic E-state index is 0.245. The molecule has 3 heterocycles. The second-order valence-electron chi connectivity index (χ2n) is 8.94. The summed E-state index contributed by atoms with van der Waals surface area (Å²) in [6.45, 7) is 4.52. The van der Waals surface area contributed by atoms with Crippen molar-refractivity contribution >= 4 is 11.9 Å². The maximum atomic E-state index is 11.0. The van der Waals surface area contributed by atoms with E-state index in [1.807, 2.05) is 18.2 Å². The first-order valence-electron chi connectivity index (χ1n) is 11.7. The molecule has 0 unspecified atom stereocenters. The van der Waals surface area contributed by atoms with E-state index in [9.17, 15) is 18.0 Å². The Hall–Kier alpha value is -3.86. The van der Waals surface area contributed by atoms with Gasteiger partial charge < -0.3 is 19.5 Å². The van der Waals surface area contributed by atoms with E-state index in [0.29, 0.717) is 19.7 Å². The highest BCUT2D eigenvalue weighted by molar-refractivity contribution is 5.77. The van der Waals surface area contributed by atoms with Crippen LogP contribution in [0, 0.1) is 5.92 Å². The summed E-state index contributed by atoms with van der Waals surface area (Å²) in [5.74, 6) is -2.16. The number of carbonyl (C=O) groups is 2. The molecule has 2 aromatic carbocycles. The number of rotatable bonds is 6. The van der Waals surface area contributed by atoms with Crippen LogP contribution in [0.3, 0.4) is 0 Å². The quantitative estimate of drug-likeness (QED) is 0.469. The molecule has 0 bridgehead atoms. The first-order chi connectivity index (χ1) is 17.6. The van der Waals surface area contributed by atoms with Gasteiger partial charge in [-0.25, -0.2) is 4.79 Å². The number of ether oxygens (including phenoxy) is 1. The number of alkyl halides is 3. The van der Waals surface area contributed by atoms with E-state index in [4.69, 9.17) is 24.3 Å². The minimum Gasteiger partial charge on any atom is -0.488 e. The molecule has 0 atom stereocenters. The number of benzene rings is 2. The Morgan fingerprint density at radius 2 is 1.73 bits per heavy atom. The number of halogens is 3. The van der Waals surface area contributed by atoms with Gasteiger partial charge in [-0.1, -0.05) is 48.8 Å². The summed E-state index contributed by atoms with van der Waals surface area (Å²) in [5.41, 5.74) is 6.19. The molecule has 3 aromatic rings. The smallest absolute Gasteiger partial charge is 0.488 e. The fourth-order valence-corrected chi connectivity index (χ4v) is 4.23. The highest BCUT2D eigenvalue weighted by atomic mass is 19.4. The number of hydrogen-bond acceptors (Lipinski definition) is 6. The molecule has 1 aromatic heterocycles. The summed E-state index contributed by atoms with van der Waals surface area (Å²) >= 11 is 0. The third-order valence-corrected chi connectivity index (χ3v) is 6.17. The van der Waals surface area contributed by atoms with Gasteiger partial charge in [-0.15, -0.1) is 0 Å². The maximum absolute atomic E-state index is 11.0. The molecule has 5 rings (SSSR count). The van der Waals surface area contributed by atoms with Crippen LogP contribution in [0.2, 0.25) is 0 Å². The molecule has 0 radical (unpaired) electrons. The topological polar surface area (TPSA) is 113 Å². The van der Waals surface area contributed by atoms with Gasteiger partial charge in [0.2, 0.25) is 0 Å². The van der Waals surface area contributed by atoms with E-state index in [0.717, 1.165) is 58.8 Å². The maximum Gasteiger partial charge on any atom is 0.490 e. The van der Waals surface area contributed by atoms with Gasteiger partial charge in [-0.2, -0.15) is 13.2 Å². The van der Waals surface area contributed by atoms with Gasteiger partial charge in [0.05, 0.1) is 17.0 Å². The number of aliphatic carboxylic acids is 2. The van der Waals surface area contributed by atoms with Crippen molar-refractivity contribution < 1.29 is 42.2 Å². The van der Waals surface area contributed by atoms with Crippen molar-refractivity contribution in [2.24, 2.45) is 5.92 Å². The van der Waals surface area contributed by atoms with Crippen molar-refractivity contribution in [1.29, 1.82) is 0 Å². The third-order valence-electron chi connectivity index (χ3n) is 6.17. The molecule has 0 spiro atoms. The minimum atomic E-state index is -5.08. The molecule has 0 saturated carbocycles. The summed E-state index contributed by atoms with van der Waals surface area (Å²) in [6, 6.07) is 14.6. The number of nitrogens with zero attached hydrogens (tertiary/aromatic N) is 2. The van der Waals surface area contributed by atoms with Gasteiger partial charge in [0.25, 0.3) is 0 Å². The lowest BCUT2D eigenvalue weighted by Crippen LogP contribution is -2.49. The van der Waals surface area contributed by atoms with Crippen molar-refractivity contribution in [2.45, 2.75) is 39.1 Å². The summed E-state index contributed by atoms with van der Waals surface area (Å²) in [6.07, 6.45) is -2.88. The summed E-state index contributed by atoms with van der Waals surface area (Å²) < 4.78 is 43.5. The predicted octanol–water partition coefficient (Wildman–Crippen LogP) is 5.00. The van der Waals surface area contributed by atoms with Crippen molar-refractivity contribution in [3.8, 4) is 28.3 Å². The zero-order valence-corrected chi connectivity index (χ0v) is 19.9. The lowest BCUT2D eigenvalue weighted by Gasteiger charge is -2.36. The highest BCUT2D eigenvalue weighted by Crippen LogP contribution is 2.42. The van der Waals surface area contributed by atoms with Crippen molar-refractivity contribution in [2.75, 3.05) is 13.1 Å². The molecule has 11 heteroatoms. The SMILES string of the molecule is CCCc1ccc(-c2noc3c2COc2cc(CN4CC(C(=O)O)C4)ccc2-3)cc1.O=C(O)C(F)(F)F. The molecule has 0 aliphatic carbocycles. The number of carboxylic acid groups (broad SMARTS) is 2. The molecule has 1 fully saturated rings.